The van der Waals surface area contributed by atoms with Crippen molar-refractivity contribution in [3.8, 4) is 0 Å². The molecule has 0 spiro atoms. The van der Waals surface area contributed by atoms with Crippen LogP contribution in [0.25, 0.3) is 0 Å². The van der Waals surface area contributed by atoms with Crippen LogP contribution in [-0.2, 0) is 4.79 Å². The van der Waals surface area contributed by atoms with Crippen LogP contribution >= 0.6 is 0 Å². The number of carbonyl (C=O) groups excluding carboxylic acids is 1. The fourth-order valence-corrected chi connectivity index (χ4v) is 2.51. The third kappa shape index (κ3) is 5.50. The first-order valence-electron chi connectivity index (χ1n) is 6.98. The van der Waals surface area contributed by atoms with Crippen LogP contribution < -0.4 is 11.1 Å². The Bertz CT molecular complexity index is 215. The molecule has 0 aromatic rings. The predicted octanol–water partition coefficient (Wildman–Crippen LogP) is 1.11. The number of hydrogen-bond acceptors (Lipinski definition) is 3. The first kappa shape index (κ1) is 14.5. The monoisotopic (exact) mass is 241 g/mol. The molecule has 1 rings (SSSR count). The number of nitrogens with two attached hydrogens (primary N) is 1. The van der Waals surface area contributed by atoms with Crippen LogP contribution in [-0.4, -0.2) is 43.0 Å². The lowest BCUT2D eigenvalue weighted by Gasteiger charge is -2.33. The number of amides is 1. The van der Waals surface area contributed by atoms with Crippen LogP contribution in [0, 0.1) is 0 Å². The summed E-state index contributed by atoms with van der Waals surface area (Å²) in [5.41, 5.74) is 5.64. The molecule has 0 saturated heterocycles. The van der Waals surface area contributed by atoms with Crippen LogP contribution in [0.4, 0.5) is 0 Å². The molecule has 0 aliphatic heterocycles. The summed E-state index contributed by atoms with van der Waals surface area (Å²) in [5, 5.41) is 2.94. The molecule has 0 unspecified atom stereocenters. The smallest absolute Gasteiger partial charge is 0.234 e. The summed E-state index contributed by atoms with van der Waals surface area (Å²) in [6.45, 7) is 4.84. The summed E-state index contributed by atoms with van der Waals surface area (Å²) in [6, 6.07) is 0.569. The Morgan fingerprint density at radius 3 is 2.65 bits per heavy atom. The van der Waals surface area contributed by atoms with Crippen molar-refractivity contribution in [2.24, 2.45) is 5.73 Å². The van der Waals surface area contributed by atoms with Gasteiger partial charge in [0.25, 0.3) is 0 Å². The number of carbonyl (C=O) groups is 1. The Morgan fingerprint density at radius 1 is 1.35 bits per heavy atom. The average molecular weight is 241 g/mol. The van der Waals surface area contributed by atoms with Crippen molar-refractivity contribution in [3.05, 3.63) is 0 Å². The number of nitrogens with one attached hydrogen (secondary N) is 1. The van der Waals surface area contributed by atoms with E-state index < -0.39 is 0 Å². The number of rotatable bonds is 7. The lowest BCUT2D eigenvalue weighted by atomic mass is 9.94. The van der Waals surface area contributed by atoms with Crippen LogP contribution in [0.15, 0.2) is 0 Å². The largest absolute Gasteiger partial charge is 0.355 e. The van der Waals surface area contributed by atoms with Gasteiger partial charge in [0.1, 0.15) is 0 Å². The molecule has 3 N–H and O–H groups in total. The first-order valence-corrected chi connectivity index (χ1v) is 6.98. The van der Waals surface area contributed by atoms with Crippen molar-refractivity contribution in [1.82, 2.24) is 10.2 Å². The summed E-state index contributed by atoms with van der Waals surface area (Å²) < 4.78 is 0. The minimum atomic E-state index is 0.144. The molecule has 1 aliphatic rings. The standard InChI is InChI=1S/C13H27N3O/c1-2-9-15-13(17)11-16(10-8-14)12-6-4-3-5-7-12/h12H,2-11,14H2,1H3,(H,15,17). The van der Waals surface area contributed by atoms with Gasteiger partial charge in [0.15, 0.2) is 0 Å². The maximum Gasteiger partial charge on any atom is 0.234 e. The Kier molecular flexibility index (Phi) is 7.21. The SMILES string of the molecule is CCCNC(=O)CN(CCN)C1CCCCC1. The van der Waals surface area contributed by atoms with Crippen molar-refractivity contribution >= 4 is 5.91 Å². The van der Waals surface area contributed by atoms with Crippen LogP contribution in [0.1, 0.15) is 45.4 Å². The normalized spacial score (nSPS) is 17.4. The van der Waals surface area contributed by atoms with E-state index in [-0.39, 0.29) is 5.91 Å². The quantitative estimate of drug-likeness (QED) is 0.702. The molecular weight excluding hydrogens is 214 g/mol. The molecule has 0 aromatic carbocycles. The predicted molar refractivity (Wildman–Crippen MR) is 70.8 cm³/mol. The molecule has 4 nitrogen and oxygen atoms in total. The van der Waals surface area contributed by atoms with Crippen molar-refractivity contribution in [1.29, 1.82) is 0 Å². The zero-order chi connectivity index (χ0) is 12.5. The van der Waals surface area contributed by atoms with E-state index in [4.69, 9.17) is 5.73 Å². The molecule has 0 heterocycles. The maximum absolute atomic E-state index is 11.7. The van der Waals surface area contributed by atoms with Crippen molar-refractivity contribution in [3.63, 3.8) is 0 Å². The van der Waals surface area contributed by atoms with Gasteiger partial charge in [-0.3, -0.25) is 9.69 Å². The second kappa shape index (κ2) is 8.48. The average Bonchev–Trinajstić information content (AvgIpc) is 2.37. The van der Waals surface area contributed by atoms with E-state index in [0.29, 0.717) is 19.1 Å². The molecule has 0 bridgehead atoms. The molecule has 1 amide bonds. The minimum absolute atomic E-state index is 0.144. The van der Waals surface area contributed by atoms with Gasteiger partial charge in [0, 0.05) is 25.7 Å². The van der Waals surface area contributed by atoms with Gasteiger partial charge >= 0.3 is 0 Å². The Balaban J connectivity index is 2.38. The number of nitrogens with zero attached hydrogens (tertiary/aromatic N) is 1. The van der Waals surface area contributed by atoms with Crippen molar-refractivity contribution in [2.45, 2.75) is 51.5 Å². The molecule has 0 atom stereocenters. The molecule has 100 valence electrons. The molecule has 17 heavy (non-hydrogen) atoms. The molecule has 1 fully saturated rings. The molecule has 1 aliphatic carbocycles. The number of hydrogen-bond donors (Lipinski definition) is 2. The van der Waals surface area contributed by atoms with E-state index in [1.54, 1.807) is 0 Å². The first-order chi connectivity index (χ1) is 8.27. The molecule has 1 saturated carbocycles. The summed E-state index contributed by atoms with van der Waals surface area (Å²) in [7, 11) is 0. The fourth-order valence-electron chi connectivity index (χ4n) is 2.51. The highest BCUT2D eigenvalue weighted by Crippen LogP contribution is 2.22. The third-order valence-corrected chi connectivity index (χ3v) is 3.43. The summed E-state index contributed by atoms with van der Waals surface area (Å²) in [6.07, 6.45) is 7.37. The van der Waals surface area contributed by atoms with E-state index in [9.17, 15) is 4.79 Å². The highest BCUT2D eigenvalue weighted by molar-refractivity contribution is 5.78. The Morgan fingerprint density at radius 2 is 2.06 bits per heavy atom. The highest BCUT2D eigenvalue weighted by Gasteiger charge is 2.22. The van der Waals surface area contributed by atoms with Gasteiger partial charge < -0.3 is 11.1 Å². The van der Waals surface area contributed by atoms with Crippen molar-refractivity contribution in [2.75, 3.05) is 26.2 Å². The van der Waals surface area contributed by atoms with E-state index in [2.05, 4.69) is 17.1 Å². The van der Waals surface area contributed by atoms with Gasteiger partial charge in [0.05, 0.1) is 6.54 Å². The van der Waals surface area contributed by atoms with E-state index >= 15 is 0 Å². The fraction of sp³-hybridized carbons (Fsp3) is 0.923. The minimum Gasteiger partial charge on any atom is -0.355 e. The lowest BCUT2D eigenvalue weighted by Crippen LogP contribution is -2.46. The molecule has 4 heteroatoms. The van der Waals surface area contributed by atoms with Crippen molar-refractivity contribution < 1.29 is 4.79 Å². The Labute approximate surface area is 105 Å². The topological polar surface area (TPSA) is 58.4 Å². The zero-order valence-electron chi connectivity index (χ0n) is 11.1. The lowest BCUT2D eigenvalue weighted by molar-refractivity contribution is -0.122. The van der Waals surface area contributed by atoms with Gasteiger partial charge in [-0.25, -0.2) is 0 Å². The van der Waals surface area contributed by atoms with Gasteiger partial charge in [-0.15, -0.1) is 0 Å². The van der Waals surface area contributed by atoms with E-state index in [1.807, 2.05) is 0 Å². The van der Waals surface area contributed by atoms with Crippen LogP contribution in [0.2, 0.25) is 0 Å². The second-order valence-electron chi connectivity index (χ2n) is 4.90. The summed E-state index contributed by atoms with van der Waals surface area (Å²) >= 11 is 0. The maximum atomic E-state index is 11.7. The van der Waals surface area contributed by atoms with E-state index in [1.165, 1.54) is 32.1 Å². The van der Waals surface area contributed by atoms with E-state index in [0.717, 1.165) is 19.5 Å². The van der Waals surface area contributed by atoms with Gasteiger partial charge in [0.2, 0.25) is 5.91 Å². The molecular formula is C13H27N3O. The highest BCUT2D eigenvalue weighted by atomic mass is 16.2. The van der Waals surface area contributed by atoms with Gasteiger partial charge in [-0.05, 0) is 19.3 Å². The third-order valence-electron chi connectivity index (χ3n) is 3.43. The summed E-state index contributed by atoms with van der Waals surface area (Å²) in [4.78, 5) is 14.0. The zero-order valence-corrected chi connectivity index (χ0v) is 11.1. The van der Waals surface area contributed by atoms with Gasteiger partial charge in [-0.1, -0.05) is 26.2 Å². The van der Waals surface area contributed by atoms with Gasteiger partial charge in [-0.2, -0.15) is 0 Å². The van der Waals surface area contributed by atoms with Crippen LogP contribution in [0.5, 0.6) is 0 Å². The Hall–Kier alpha value is -0.610. The van der Waals surface area contributed by atoms with Crippen LogP contribution in [0.3, 0.4) is 0 Å². The molecule has 0 aromatic heterocycles. The summed E-state index contributed by atoms with van der Waals surface area (Å²) in [5.74, 6) is 0.144. The molecule has 0 radical (unpaired) electrons. The second-order valence-corrected chi connectivity index (χ2v) is 4.90.